The first-order valence-electron chi connectivity index (χ1n) is 9.19. The predicted molar refractivity (Wildman–Crippen MR) is 108 cm³/mol. The van der Waals surface area contributed by atoms with Crippen LogP contribution in [0.2, 0.25) is 0 Å². The minimum atomic E-state index is -0.0668. The Morgan fingerprint density at radius 3 is 2.93 bits per heavy atom. The van der Waals surface area contributed by atoms with Gasteiger partial charge in [-0.25, -0.2) is 0 Å². The van der Waals surface area contributed by atoms with Gasteiger partial charge in [-0.05, 0) is 55.8 Å². The lowest BCUT2D eigenvalue weighted by Crippen LogP contribution is -2.40. The van der Waals surface area contributed by atoms with Crippen LogP contribution in [-0.4, -0.2) is 39.0 Å². The second-order valence-electron chi connectivity index (χ2n) is 6.82. The molecule has 0 bridgehead atoms. The summed E-state index contributed by atoms with van der Waals surface area (Å²) in [5.74, 6) is 1.10. The van der Waals surface area contributed by atoms with E-state index >= 15 is 0 Å². The quantitative estimate of drug-likeness (QED) is 0.648. The van der Waals surface area contributed by atoms with Crippen molar-refractivity contribution in [2.45, 2.75) is 19.4 Å². The van der Waals surface area contributed by atoms with E-state index < -0.39 is 0 Å². The van der Waals surface area contributed by atoms with Crippen LogP contribution in [0.25, 0.3) is 11.4 Å². The van der Waals surface area contributed by atoms with E-state index in [-0.39, 0.29) is 11.8 Å². The van der Waals surface area contributed by atoms with Crippen LogP contribution >= 0.6 is 15.9 Å². The van der Waals surface area contributed by atoms with E-state index in [9.17, 15) is 4.79 Å². The van der Waals surface area contributed by atoms with Gasteiger partial charge < -0.3 is 9.84 Å². The van der Waals surface area contributed by atoms with Crippen LogP contribution in [-0.2, 0) is 11.3 Å². The molecule has 1 atom stereocenters. The standard InChI is InChI=1S/C20H20BrN5O2/c21-16-7-5-14(6-8-16)19-24-18(28-25-19)13-26-10-2-3-15(12-26)20(27)23-17-4-1-9-22-11-17/h1,4-9,11,15H,2-3,10,12-13H2,(H,23,27). The predicted octanol–water partition coefficient (Wildman–Crippen LogP) is 3.74. The number of rotatable bonds is 5. The van der Waals surface area contributed by atoms with Crippen LogP contribution in [0.15, 0.2) is 57.8 Å². The molecule has 144 valence electrons. The average Bonchev–Trinajstić information content (AvgIpc) is 3.18. The van der Waals surface area contributed by atoms with E-state index in [1.54, 1.807) is 18.5 Å². The maximum atomic E-state index is 12.6. The van der Waals surface area contributed by atoms with E-state index in [4.69, 9.17) is 4.52 Å². The van der Waals surface area contributed by atoms with Gasteiger partial charge in [0.25, 0.3) is 0 Å². The van der Waals surface area contributed by atoms with Crippen molar-refractivity contribution in [1.29, 1.82) is 0 Å². The molecule has 1 unspecified atom stereocenters. The number of hydrogen-bond acceptors (Lipinski definition) is 6. The van der Waals surface area contributed by atoms with E-state index in [1.807, 2.05) is 30.3 Å². The zero-order valence-corrected chi connectivity index (χ0v) is 16.8. The van der Waals surface area contributed by atoms with Crippen LogP contribution in [0.1, 0.15) is 18.7 Å². The highest BCUT2D eigenvalue weighted by atomic mass is 79.9. The molecule has 1 N–H and O–H groups in total. The van der Waals surface area contributed by atoms with Gasteiger partial charge in [-0.2, -0.15) is 4.98 Å². The molecule has 1 amide bonds. The second-order valence-corrected chi connectivity index (χ2v) is 7.74. The number of anilines is 1. The van der Waals surface area contributed by atoms with E-state index in [2.05, 4.69) is 41.3 Å². The van der Waals surface area contributed by atoms with Crippen LogP contribution in [0.4, 0.5) is 5.69 Å². The van der Waals surface area contributed by atoms with Crippen LogP contribution in [0.5, 0.6) is 0 Å². The molecule has 1 fully saturated rings. The number of pyridine rings is 1. The van der Waals surface area contributed by atoms with Crippen molar-refractivity contribution in [2.75, 3.05) is 18.4 Å². The SMILES string of the molecule is O=C(Nc1cccnc1)C1CCCN(Cc2nc(-c3ccc(Br)cc3)no2)C1. The van der Waals surface area contributed by atoms with Crippen molar-refractivity contribution >= 4 is 27.5 Å². The van der Waals surface area contributed by atoms with Gasteiger partial charge in [-0.3, -0.25) is 14.7 Å². The normalized spacial score (nSPS) is 17.4. The highest BCUT2D eigenvalue weighted by Gasteiger charge is 2.27. The lowest BCUT2D eigenvalue weighted by Gasteiger charge is -2.30. The van der Waals surface area contributed by atoms with Crippen molar-refractivity contribution in [2.24, 2.45) is 5.92 Å². The average molecular weight is 442 g/mol. The zero-order valence-electron chi connectivity index (χ0n) is 15.2. The number of aromatic nitrogens is 3. The number of nitrogens with one attached hydrogen (secondary N) is 1. The molecule has 0 spiro atoms. The summed E-state index contributed by atoms with van der Waals surface area (Å²) in [6, 6.07) is 11.4. The molecule has 28 heavy (non-hydrogen) atoms. The van der Waals surface area contributed by atoms with Crippen molar-refractivity contribution in [3.05, 3.63) is 59.2 Å². The van der Waals surface area contributed by atoms with Gasteiger partial charge in [0.2, 0.25) is 17.6 Å². The summed E-state index contributed by atoms with van der Waals surface area (Å²) >= 11 is 3.42. The molecule has 3 heterocycles. The monoisotopic (exact) mass is 441 g/mol. The largest absolute Gasteiger partial charge is 0.338 e. The minimum Gasteiger partial charge on any atom is -0.338 e. The highest BCUT2D eigenvalue weighted by Crippen LogP contribution is 2.22. The maximum Gasteiger partial charge on any atom is 0.241 e. The van der Waals surface area contributed by atoms with Crippen molar-refractivity contribution in [3.8, 4) is 11.4 Å². The number of carbonyl (C=O) groups excluding carboxylic acids is 1. The summed E-state index contributed by atoms with van der Waals surface area (Å²) < 4.78 is 6.42. The van der Waals surface area contributed by atoms with Gasteiger partial charge in [-0.15, -0.1) is 0 Å². The Morgan fingerprint density at radius 1 is 1.29 bits per heavy atom. The molecular formula is C20H20BrN5O2. The number of carbonyl (C=O) groups is 1. The Morgan fingerprint density at radius 2 is 2.14 bits per heavy atom. The van der Waals surface area contributed by atoms with Crippen molar-refractivity contribution < 1.29 is 9.32 Å². The summed E-state index contributed by atoms with van der Waals surface area (Å²) in [7, 11) is 0. The molecule has 7 nitrogen and oxygen atoms in total. The molecule has 2 aromatic heterocycles. The Balaban J connectivity index is 1.36. The maximum absolute atomic E-state index is 12.6. The van der Waals surface area contributed by atoms with Gasteiger partial charge >= 0.3 is 0 Å². The van der Waals surface area contributed by atoms with Crippen LogP contribution < -0.4 is 5.32 Å². The molecule has 1 aliphatic heterocycles. The Kier molecular flexibility index (Phi) is 5.78. The summed E-state index contributed by atoms with van der Waals surface area (Å²) in [5.41, 5.74) is 1.63. The Hall–Kier alpha value is -2.58. The molecule has 1 aliphatic rings. The van der Waals surface area contributed by atoms with Crippen LogP contribution in [0.3, 0.4) is 0 Å². The topological polar surface area (TPSA) is 84.2 Å². The van der Waals surface area contributed by atoms with Gasteiger partial charge in [0.15, 0.2) is 0 Å². The van der Waals surface area contributed by atoms with Crippen LogP contribution in [0, 0.1) is 5.92 Å². The van der Waals surface area contributed by atoms with Crippen molar-refractivity contribution in [1.82, 2.24) is 20.0 Å². The third-order valence-corrected chi connectivity index (χ3v) is 5.26. The first kappa shape index (κ1) is 18.8. The fraction of sp³-hybridized carbons (Fsp3) is 0.300. The molecule has 0 aliphatic carbocycles. The molecule has 4 rings (SSSR count). The number of nitrogens with zero attached hydrogens (tertiary/aromatic N) is 4. The number of halogens is 1. The van der Waals surface area contributed by atoms with Gasteiger partial charge in [0, 0.05) is 22.8 Å². The van der Waals surface area contributed by atoms with E-state index in [0.717, 1.165) is 35.1 Å². The third kappa shape index (κ3) is 4.63. The van der Waals surface area contributed by atoms with Gasteiger partial charge in [-0.1, -0.05) is 21.1 Å². The number of piperidine rings is 1. The van der Waals surface area contributed by atoms with Gasteiger partial charge in [0.05, 0.1) is 24.3 Å². The Labute approximate surface area is 171 Å². The molecular weight excluding hydrogens is 422 g/mol. The molecule has 1 aromatic carbocycles. The first-order chi connectivity index (χ1) is 13.7. The third-order valence-electron chi connectivity index (χ3n) is 4.73. The zero-order chi connectivity index (χ0) is 19.3. The van der Waals surface area contributed by atoms with E-state index in [0.29, 0.717) is 24.8 Å². The van der Waals surface area contributed by atoms with E-state index in [1.165, 1.54) is 0 Å². The summed E-state index contributed by atoms with van der Waals surface area (Å²) in [5, 5.41) is 7.02. The highest BCUT2D eigenvalue weighted by molar-refractivity contribution is 9.10. The second kappa shape index (κ2) is 8.62. The minimum absolute atomic E-state index is 0.0266. The van der Waals surface area contributed by atoms with Crippen molar-refractivity contribution in [3.63, 3.8) is 0 Å². The first-order valence-corrected chi connectivity index (χ1v) is 9.98. The number of likely N-dealkylation sites (tertiary alicyclic amines) is 1. The number of benzene rings is 1. The molecule has 0 saturated carbocycles. The molecule has 0 radical (unpaired) electrons. The lowest BCUT2D eigenvalue weighted by atomic mass is 9.97. The smallest absolute Gasteiger partial charge is 0.241 e. The molecule has 8 heteroatoms. The fourth-order valence-corrected chi connectivity index (χ4v) is 3.59. The molecule has 3 aromatic rings. The Bertz CT molecular complexity index is 929. The number of amides is 1. The summed E-state index contributed by atoms with van der Waals surface area (Å²) in [6.45, 7) is 2.12. The number of hydrogen-bond donors (Lipinski definition) is 1. The van der Waals surface area contributed by atoms with Gasteiger partial charge in [0.1, 0.15) is 0 Å². The summed E-state index contributed by atoms with van der Waals surface area (Å²) in [4.78, 5) is 23.3. The lowest BCUT2D eigenvalue weighted by molar-refractivity contribution is -0.121. The summed E-state index contributed by atoms with van der Waals surface area (Å²) in [6.07, 6.45) is 5.17. The molecule has 1 saturated heterocycles. The fourth-order valence-electron chi connectivity index (χ4n) is 3.32.